The smallest absolute Gasteiger partial charge is 0.427 e. The number of nitrogens with zero attached hydrogens (tertiary/aromatic N) is 1. The SMILES string of the molecule is O=C(Nc1ccccc1C(F)(F)F)c1cc(-c2ccc(F)cc2F)ccc1O.O=c1oc2ccc(-c3ccc(F)cc3F)cc2c(=O)n1-c1ccccc1C(F)(F)F. The molecule has 7 rings (SSSR count). The Labute approximate surface area is 318 Å². The van der Waals surface area contributed by atoms with Crippen molar-refractivity contribution in [1.82, 2.24) is 4.57 Å². The van der Waals surface area contributed by atoms with Crippen LogP contribution in [0, 0.1) is 23.3 Å². The molecule has 0 aliphatic heterocycles. The van der Waals surface area contributed by atoms with Gasteiger partial charge in [-0.25, -0.2) is 26.9 Å². The van der Waals surface area contributed by atoms with Gasteiger partial charge in [-0.05, 0) is 83.9 Å². The number of halogens is 10. The Morgan fingerprint density at radius 3 is 1.74 bits per heavy atom. The van der Waals surface area contributed by atoms with E-state index >= 15 is 0 Å². The zero-order chi connectivity index (χ0) is 42.1. The van der Waals surface area contributed by atoms with Crippen molar-refractivity contribution in [2.24, 2.45) is 0 Å². The molecule has 17 heteroatoms. The minimum Gasteiger partial charge on any atom is -0.507 e. The van der Waals surface area contributed by atoms with E-state index in [1.165, 1.54) is 42.5 Å². The van der Waals surface area contributed by atoms with Crippen LogP contribution in [0.15, 0.2) is 135 Å². The number of amides is 1. The Morgan fingerprint density at radius 1 is 0.621 bits per heavy atom. The lowest BCUT2D eigenvalue weighted by atomic mass is 10.0. The van der Waals surface area contributed by atoms with Gasteiger partial charge in [0.2, 0.25) is 0 Å². The summed E-state index contributed by atoms with van der Waals surface area (Å²) >= 11 is 0. The lowest BCUT2D eigenvalue weighted by Crippen LogP contribution is -2.32. The molecule has 1 heterocycles. The van der Waals surface area contributed by atoms with Crippen molar-refractivity contribution >= 4 is 22.6 Å². The number of hydrogen-bond donors (Lipinski definition) is 2. The van der Waals surface area contributed by atoms with Gasteiger partial charge in [0.15, 0.2) is 0 Å². The lowest BCUT2D eigenvalue weighted by molar-refractivity contribution is -0.138. The normalized spacial score (nSPS) is 11.6. The van der Waals surface area contributed by atoms with Crippen LogP contribution in [0.3, 0.4) is 0 Å². The van der Waals surface area contributed by atoms with Crippen molar-refractivity contribution < 1.29 is 58.2 Å². The second kappa shape index (κ2) is 15.8. The van der Waals surface area contributed by atoms with Gasteiger partial charge in [-0.1, -0.05) is 36.4 Å². The van der Waals surface area contributed by atoms with E-state index in [-0.39, 0.29) is 43.4 Å². The number of nitrogens with one attached hydrogen (secondary N) is 1. The largest absolute Gasteiger partial charge is 0.507 e. The molecule has 0 spiro atoms. The number of hydrogen-bond acceptors (Lipinski definition) is 5. The molecular weight excluding hydrogens is 790 g/mol. The van der Waals surface area contributed by atoms with E-state index in [2.05, 4.69) is 5.32 Å². The summed E-state index contributed by atoms with van der Waals surface area (Å²) in [7, 11) is 0. The van der Waals surface area contributed by atoms with Crippen LogP contribution in [0.2, 0.25) is 0 Å². The first kappa shape index (κ1) is 40.5. The predicted octanol–water partition coefficient (Wildman–Crippen LogP) is 10.5. The third-order valence-electron chi connectivity index (χ3n) is 8.45. The van der Waals surface area contributed by atoms with Crippen LogP contribution < -0.4 is 16.6 Å². The Kier molecular flexibility index (Phi) is 11.0. The van der Waals surface area contributed by atoms with Gasteiger partial charge >= 0.3 is 18.1 Å². The summed E-state index contributed by atoms with van der Waals surface area (Å²) in [5, 5.41) is 11.8. The first-order chi connectivity index (χ1) is 27.3. The highest BCUT2D eigenvalue weighted by Crippen LogP contribution is 2.36. The average molecular weight is 813 g/mol. The van der Waals surface area contributed by atoms with Gasteiger partial charge in [0.25, 0.3) is 11.5 Å². The van der Waals surface area contributed by atoms with Gasteiger partial charge in [-0.15, -0.1) is 0 Å². The van der Waals surface area contributed by atoms with Gasteiger partial charge in [0.1, 0.15) is 34.6 Å². The molecule has 0 saturated carbocycles. The van der Waals surface area contributed by atoms with Gasteiger partial charge in [0.05, 0.1) is 33.5 Å². The third kappa shape index (κ3) is 8.47. The Bertz CT molecular complexity index is 2830. The number of phenols is 1. The van der Waals surface area contributed by atoms with Crippen molar-refractivity contribution in [3.05, 3.63) is 182 Å². The average Bonchev–Trinajstić information content (AvgIpc) is 3.15. The summed E-state index contributed by atoms with van der Waals surface area (Å²) < 4.78 is 139. The second-order valence-electron chi connectivity index (χ2n) is 12.2. The minimum absolute atomic E-state index is 0.0360. The number of benzene rings is 6. The number of para-hydroxylation sites is 2. The van der Waals surface area contributed by atoms with Crippen molar-refractivity contribution in [2.45, 2.75) is 12.4 Å². The van der Waals surface area contributed by atoms with E-state index in [0.29, 0.717) is 12.1 Å². The quantitative estimate of drug-likeness (QED) is 0.169. The van der Waals surface area contributed by atoms with E-state index in [4.69, 9.17) is 4.42 Å². The summed E-state index contributed by atoms with van der Waals surface area (Å²) in [5.41, 5.74) is -4.81. The van der Waals surface area contributed by atoms with Gasteiger partial charge in [-0.2, -0.15) is 26.3 Å². The van der Waals surface area contributed by atoms with Gasteiger partial charge in [-0.3, -0.25) is 9.59 Å². The maximum Gasteiger partial charge on any atom is 0.427 e. The van der Waals surface area contributed by atoms with Crippen molar-refractivity contribution in [3.63, 3.8) is 0 Å². The molecule has 0 fully saturated rings. The maximum atomic E-state index is 14.1. The molecule has 6 aromatic carbocycles. The number of carbonyl (C=O) groups is 1. The highest BCUT2D eigenvalue weighted by atomic mass is 19.4. The number of rotatable bonds is 5. The first-order valence-corrected chi connectivity index (χ1v) is 16.4. The van der Waals surface area contributed by atoms with E-state index in [1.807, 2.05) is 0 Å². The summed E-state index contributed by atoms with van der Waals surface area (Å²) in [6, 6.07) is 21.3. The summed E-state index contributed by atoms with van der Waals surface area (Å²) in [6.07, 6.45) is -9.51. The summed E-state index contributed by atoms with van der Waals surface area (Å²) in [4.78, 5) is 37.7. The zero-order valence-corrected chi connectivity index (χ0v) is 28.9. The number of alkyl halides is 6. The number of aromatic hydroxyl groups is 1. The Morgan fingerprint density at radius 2 is 1.16 bits per heavy atom. The standard InChI is InChI=1S/C21H10F5NO3.C20H12F5NO2/c22-12-6-7-13(16(23)10-12)11-5-8-18-14(9-11)19(28)27(20(29)30-18)17-4-2-1-3-15(17)21(24,25)26;21-12-6-7-13(16(22)10-12)11-5-8-18(27)14(9-11)19(28)26-17-4-2-1-3-15(17)20(23,24)25/h1-10H;1-10,27H,(H,26,28). The molecule has 0 saturated heterocycles. The zero-order valence-electron chi connectivity index (χ0n) is 28.9. The molecule has 58 heavy (non-hydrogen) atoms. The molecule has 1 aromatic heterocycles. The molecule has 1 amide bonds. The number of phenolic OH excluding ortho intramolecular Hbond substituents is 1. The van der Waals surface area contributed by atoms with Crippen molar-refractivity contribution in [1.29, 1.82) is 0 Å². The fourth-order valence-corrected chi connectivity index (χ4v) is 5.77. The molecule has 296 valence electrons. The molecule has 7 aromatic rings. The van der Waals surface area contributed by atoms with Gasteiger partial charge < -0.3 is 14.8 Å². The van der Waals surface area contributed by atoms with Crippen molar-refractivity contribution in [3.8, 4) is 33.7 Å². The van der Waals surface area contributed by atoms with Crippen LogP contribution in [0.4, 0.5) is 49.6 Å². The molecule has 0 aliphatic carbocycles. The van der Waals surface area contributed by atoms with E-state index in [0.717, 1.165) is 66.7 Å². The number of aromatic nitrogens is 1. The fourth-order valence-electron chi connectivity index (χ4n) is 5.77. The van der Waals surface area contributed by atoms with Crippen LogP contribution in [0.1, 0.15) is 21.5 Å². The number of anilines is 1. The van der Waals surface area contributed by atoms with Crippen LogP contribution in [0.25, 0.3) is 38.9 Å². The fraction of sp³-hybridized carbons (Fsp3) is 0.0488. The van der Waals surface area contributed by atoms with E-state index in [1.54, 1.807) is 0 Å². The Balaban J connectivity index is 0.000000196. The topological polar surface area (TPSA) is 102 Å². The van der Waals surface area contributed by atoms with Crippen molar-refractivity contribution in [2.75, 3.05) is 5.32 Å². The minimum atomic E-state index is -4.82. The molecule has 0 aliphatic rings. The predicted molar refractivity (Wildman–Crippen MR) is 191 cm³/mol. The monoisotopic (exact) mass is 812 g/mol. The summed E-state index contributed by atoms with van der Waals surface area (Å²) in [6.45, 7) is 0. The molecule has 7 nitrogen and oxygen atoms in total. The molecule has 0 radical (unpaired) electrons. The third-order valence-corrected chi connectivity index (χ3v) is 8.45. The second-order valence-corrected chi connectivity index (χ2v) is 12.2. The number of fused-ring (bicyclic) bond motifs is 1. The summed E-state index contributed by atoms with van der Waals surface area (Å²) in [5.74, 6) is -6.19. The maximum absolute atomic E-state index is 14.1. The molecule has 0 unspecified atom stereocenters. The van der Waals surface area contributed by atoms with Crippen LogP contribution in [0.5, 0.6) is 5.75 Å². The highest BCUT2D eigenvalue weighted by molar-refractivity contribution is 6.07. The van der Waals surface area contributed by atoms with Crippen LogP contribution in [-0.2, 0) is 12.4 Å². The Hall–Kier alpha value is -7.17. The number of carbonyl (C=O) groups excluding carboxylic acids is 1. The van der Waals surface area contributed by atoms with Crippen LogP contribution in [-0.4, -0.2) is 15.6 Å². The molecule has 2 N–H and O–H groups in total. The van der Waals surface area contributed by atoms with Crippen LogP contribution >= 0.6 is 0 Å². The van der Waals surface area contributed by atoms with E-state index < -0.39 is 81.1 Å². The molecule has 0 atom stereocenters. The molecular formula is C41H22F10N2O5. The van der Waals surface area contributed by atoms with Gasteiger partial charge in [0, 0.05) is 23.3 Å². The lowest BCUT2D eigenvalue weighted by Gasteiger charge is -2.14. The van der Waals surface area contributed by atoms with E-state index in [9.17, 15) is 63.4 Å². The first-order valence-electron chi connectivity index (χ1n) is 16.4. The molecule has 0 bridgehead atoms. The highest BCUT2D eigenvalue weighted by Gasteiger charge is 2.35.